The summed E-state index contributed by atoms with van der Waals surface area (Å²) in [5, 5.41) is 1.14. The Balaban J connectivity index is 1.52. The molecule has 6 rings (SSSR count). The van der Waals surface area contributed by atoms with Gasteiger partial charge in [0.25, 0.3) is 11.4 Å². The van der Waals surface area contributed by atoms with Gasteiger partial charge in [0.05, 0.1) is 30.9 Å². The number of hydrogen-bond acceptors (Lipinski definition) is 6. The summed E-state index contributed by atoms with van der Waals surface area (Å²) in [5.74, 6) is 2.00. The fourth-order valence-electron chi connectivity index (χ4n) is 5.07. The van der Waals surface area contributed by atoms with Crippen molar-refractivity contribution in [1.82, 2.24) is 9.55 Å². The van der Waals surface area contributed by atoms with E-state index in [1.54, 1.807) is 10.9 Å². The lowest BCUT2D eigenvalue weighted by Crippen LogP contribution is -2.40. The number of anilines is 1. The first-order valence-electron chi connectivity index (χ1n) is 11.7. The highest BCUT2D eigenvalue weighted by molar-refractivity contribution is 7.25. The van der Waals surface area contributed by atoms with Crippen molar-refractivity contribution in [2.24, 2.45) is 0 Å². The van der Waals surface area contributed by atoms with Gasteiger partial charge in [0, 0.05) is 5.56 Å². The molecule has 1 saturated heterocycles. The molecular weight excluding hydrogens is 436 g/mol. The normalized spacial score (nSPS) is 16.3. The molecule has 1 fully saturated rings. The molecule has 0 bridgehead atoms. The van der Waals surface area contributed by atoms with Crippen LogP contribution in [0.2, 0.25) is 0 Å². The molecule has 0 unspecified atom stereocenters. The minimum Gasteiger partial charge on any atom is -0.494 e. The lowest BCUT2D eigenvalue weighted by atomic mass is 9.90. The Kier molecular flexibility index (Phi) is 5.27. The Morgan fingerprint density at radius 3 is 2.64 bits per heavy atom. The van der Waals surface area contributed by atoms with E-state index in [2.05, 4.69) is 9.88 Å². The summed E-state index contributed by atoms with van der Waals surface area (Å²) in [4.78, 5) is 25.5. The van der Waals surface area contributed by atoms with Crippen molar-refractivity contribution in [3.63, 3.8) is 0 Å². The fourth-order valence-corrected chi connectivity index (χ4v) is 6.18. The number of thiophene rings is 1. The second-order valence-corrected chi connectivity index (χ2v) is 9.59. The number of hydrogen-bond donors (Lipinski definition) is 0. The first-order chi connectivity index (χ1) is 16.2. The number of pyridine rings is 1. The van der Waals surface area contributed by atoms with Gasteiger partial charge in [-0.3, -0.25) is 14.3 Å². The number of aryl methyl sites for hydroxylation is 1. The maximum absolute atomic E-state index is 13.5. The third-order valence-corrected chi connectivity index (χ3v) is 7.72. The Morgan fingerprint density at radius 1 is 1.12 bits per heavy atom. The number of rotatable bonds is 4. The van der Waals surface area contributed by atoms with Crippen LogP contribution < -0.4 is 20.2 Å². The van der Waals surface area contributed by atoms with E-state index in [1.165, 1.54) is 41.1 Å². The summed E-state index contributed by atoms with van der Waals surface area (Å²) in [6.45, 7) is 5.85. The molecule has 170 valence electrons. The lowest BCUT2D eigenvalue weighted by Gasteiger charge is -2.25. The van der Waals surface area contributed by atoms with Crippen LogP contribution in [-0.2, 0) is 17.6 Å². The quantitative estimate of drug-likeness (QED) is 0.463. The number of benzene rings is 1. The van der Waals surface area contributed by atoms with Crippen LogP contribution in [0.1, 0.15) is 30.9 Å². The number of aromatic nitrogens is 3. The monoisotopic (exact) mass is 463 g/mol. The number of nitrogens with one attached hydrogen (secondary N) is 1. The zero-order valence-electron chi connectivity index (χ0n) is 18.7. The highest BCUT2D eigenvalue weighted by Crippen LogP contribution is 2.38. The molecule has 0 amide bonds. The van der Waals surface area contributed by atoms with Crippen molar-refractivity contribution < 1.29 is 14.5 Å². The van der Waals surface area contributed by atoms with Gasteiger partial charge in [0.1, 0.15) is 35.4 Å². The van der Waals surface area contributed by atoms with Crippen molar-refractivity contribution in [2.75, 3.05) is 37.8 Å². The first kappa shape index (κ1) is 20.6. The van der Waals surface area contributed by atoms with Gasteiger partial charge in [0.15, 0.2) is 4.83 Å². The Hall–Kier alpha value is -2.97. The zero-order valence-corrected chi connectivity index (χ0v) is 19.5. The van der Waals surface area contributed by atoms with E-state index in [-0.39, 0.29) is 5.56 Å². The third-order valence-electron chi connectivity index (χ3n) is 6.64. The van der Waals surface area contributed by atoms with Crippen molar-refractivity contribution >= 4 is 37.6 Å². The number of aromatic amines is 1. The highest BCUT2D eigenvalue weighted by Gasteiger charge is 2.30. The number of fused-ring (bicyclic) bond motifs is 5. The van der Waals surface area contributed by atoms with Crippen LogP contribution in [0.25, 0.3) is 26.1 Å². The van der Waals surface area contributed by atoms with E-state index < -0.39 is 0 Å². The van der Waals surface area contributed by atoms with Gasteiger partial charge in [0.2, 0.25) is 0 Å². The van der Waals surface area contributed by atoms with Gasteiger partial charge in [-0.2, -0.15) is 0 Å². The molecule has 8 heteroatoms. The molecule has 0 saturated carbocycles. The molecule has 0 spiro atoms. The summed E-state index contributed by atoms with van der Waals surface area (Å²) < 4.78 is 13.4. The predicted octanol–water partition coefficient (Wildman–Crippen LogP) is 3.53. The summed E-state index contributed by atoms with van der Waals surface area (Å²) in [7, 11) is 0. The van der Waals surface area contributed by atoms with E-state index >= 15 is 0 Å². The molecule has 33 heavy (non-hydrogen) atoms. The topological polar surface area (TPSA) is 70.7 Å². The molecule has 1 aliphatic carbocycles. The molecule has 1 aliphatic heterocycles. The zero-order chi connectivity index (χ0) is 22.4. The second kappa shape index (κ2) is 8.43. The van der Waals surface area contributed by atoms with Crippen LogP contribution in [-0.4, -0.2) is 42.5 Å². The van der Waals surface area contributed by atoms with E-state index in [1.807, 2.05) is 31.2 Å². The molecule has 4 aromatic rings. The van der Waals surface area contributed by atoms with Crippen LogP contribution in [0.15, 0.2) is 35.4 Å². The molecule has 2 aliphatic rings. The van der Waals surface area contributed by atoms with E-state index in [0.717, 1.165) is 66.3 Å². The molecule has 4 heterocycles. The Bertz CT molecular complexity index is 1390. The van der Waals surface area contributed by atoms with Crippen LogP contribution in [0, 0.1) is 0 Å². The third kappa shape index (κ3) is 3.48. The minimum atomic E-state index is -0.0313. The number of morpholine rings is 1. The van der Waals surface area contributed by atoms with Crippen LogP contribution in [0.5, 0.6) is 5.75 Å². The maximum atomic E-state index is 13.5. The highest BCUT2D eigenvalue weighted by atomic mass is 32.1. The molecule has 3 aromatic heterocycles. The molecular formula is C25H27N4O3S+. The summed E-state index contributed by atoms with van der Waals surface area (Å²) in [5.41, 5.74) is 4.35. The summed E-state index contributed by atoms with van der Waals surface area (Å²) in [6.07, 6.45) is 6.14. The average molecular weight is 464 g/mol. The molecule has 7 nitrogen and oxygen atoms in total. The van der Waals surface area contributed by atoms with E-state index in [9.17, 15) is 4.79 Å². The van der Waals surface area contributed by atoms with Crippen molar-refractivity contribution in [3.8, 4) is 11.4 Å². The SMILES string of the molecule is CCOc1ccc(-n2cnc3c(sc4[nH+]c(N5CCOCC5)c5c(c43)CCCC5)c2=O)cc1. The van der Waals surface area contributed by atoms with E-state index in [4.69, 9.17) is 14.5 Å². The molecule has 1 aromatic carbocycles. The van der Waals surface area contributed by atoms with Gasteiger partial charge >= 0.3 is 0 Å². The van der Waals surface area contributed by atoms with Crippen LogP contribution >= 0.6 is 11.3 Å². The van der Waals surface area contributed by atoms with Gasteiger partial charge in [-0.05, 0) is 62.4 Å². The van der Waals surface area contributed by atoms with Gasteiger partial charge in [-0.1, -0.05) is 11.3 Å². The summed E-state index contributed by atoms with van der Waals surface area (Å²) >= 11 is 1.53. The van der Waals surface area contributed by atoms with Crippen molar-refractivity contribution in [2.45, 2.75) is 32.6 Å². The molecule has 0 radical (unpaired) electrons. The standard InChI is InChI=1S/C25H26N4O3S/c1-2-32-17-9-7-16(8-10-17)29-15-26-21-20-18-5-3-4-6-19(18)23(28-11-13-31-14-12-28)27-24(20)33-22(21)25(29)30/h7-10,15H,2-6,11-14H2,1H3/p+1. The van der Waals surface area contributed by atoms with Gasteiger partial charge < -0.3 is 9.47 Å². The minimum absolute atomic E-state index is 0.0313. The fraction of sp³-hybridized carbons (Fsp3) is 0.400. The predicted molar refractivity (Wildman–Crippen MR) is 130 cm³/mol. The van der Waals surface area contributed by atoms with Crippen molar-refractivity contribution in [3.05, 3.63) is 52.1 Å². The number of nitrogens with zero attached hydrogens (tertiary/aromatic N) is 3. The lowest BCUT2D eigenvalue weighted by molar-refractivity contribution is -0.328. The number of H-pyrrole nitrogens is 1. The number of ether oxygens (including phenoxy) is 2. The van der Waals surface area contributed by atoms with E-state index in [0.29, 0.717) is 11.3 Å². The maximum Gasteiger partial charge on any atom is 0.279 e. The smallest absolute Gasteiger partial charge is 0.279 e. The second-order valence-electron chi connectivity index (χ2n) is 8.57. The average Bonchev–Trinajstić information content (AvgIpc) is 3.25. The molecule has 1 N–H and O–H groups in total. The largest absolute Gasteiger partial charge is 0.494 e. The Morgan fingerprint density at radius 2 is 1.88 bits per heavy atom. The van der Waals surface area contributed by atoms with Gasteiger partial charge in [-0.25, -0.2) is 9.97 Å². The van der Waals surface area contributed by atoms with Gasteiger partial charge in [-0.15, -0.1) is 0 Å². The van der Waals surface area contributed by atoms with Crippen LogP contribution in [0.3, 0.4) is 0 Å². The summed E-state index contributed by atoms with van der Waals surface area (Å²) in [6, 6.07) is 7.58. The van der Waals surface area contributed by atoms with Crippen LogP contribution in [0.4, 0.5) is 5.82 Å². The molecule has 0 atom stereocenters. The Labute approximate surface area is 195 Å². The van der Waals surface area contributed by atoms with Crippen molar-refractivity contribution in [1.29, 1.82) is 0 Å². The first-order valence-corrected chi connectivity index (χ1v) is 12.5.